The van der Waals surface area contributed by atoms with Gasteiger partial charge in [0, 0.05) is 44.7 Å². The number of benzene rings is 12. The van der Waals surface area contributed by atoms with Gasteiger partial charge >= 0.3 is 0 Å². The van der Waals surface area contributed by atoms with Gasteiger partial charge < -0.3 is 18.5 Å². The average molecular weight is 1010 g/mol. The van der Waals surface area contributed by atoms with Gasteiger partial charge in [-0.25, -0.2) is 0 Å². The maximum absolute atomic E-state index is 14.1. The van der Waals surface area contributed by atoms with Crippen LogP contribution < -0.4 is 10.3 Å². The van der Waals surface area contributed by atoms with Crippen LogP contribution in [0, 0.1) is 0 Å². The highest BCUT2D eigenvalue weighted by molar-refractivity contribution is 6.12. The van der Waals surface area contributed by atoms with E-state index in [1.54, 1.807) is 0 Å². The fourth-order valence-corrected chi connectivity index (χ4v) is 13.1. The molecule has 1 aliphatic rings. The van der Waals surface area contributed by atoms with E-state index >= 15 is 0 Å². The van der Waals surface area contributed by atoms with Gasteiger partial charge in [0.15, 0.2) is 0 Å². The Morgan fingerprint density at radius 3 is 1.22 bits per heavy atom. The highest BCUT2D eigenvalue weighted by Gasteiger charge is 2.47. The molecule has 12 aromatic carbocycles. The second-order valence-corrected chi connectivity index (χ2v) is 20.7. The molecule has 0 N–H and O–H groups in total. The van der Waals surface area contributed by atoms with Crippen molar-refractivity contribution in [2.45, 2.75) is 5.41 Å². The van der Waals surface area contributed by atoms with E-state index in [9.17, 15) is 4.79 Å². The van der Waals surface area contributed by atoms with Crippen molar-refractivity contribution in [3.05, 3.63) is 318 Å². The lowest BCUT2D eigenvalue weighted by Gasteiger charge is -2.47. The molecule has 4 heterocycles. The molecule has 15 aromatic rings. The van der Waals surface area contributed by atoms with Crippen LogP contribution in [-0.4, -0.2) is 9.13 Å². The number of aromatic nitrogens is 2. The lowest BCUT2D eigenvalue weighted by Crippen LogP contribution is -2.38. The molecule has 79 heavy (non-hydrogen) atoms. The molecule has 0 saturated heterocycles. The molecule has 16 rings (SSSR count). The van der Waals surface area contributed by atoms with Gasteiger partial charge in [0.1, 0.15) is 11.2 Å². The largest absolute Gasteiger partial charge is 0.456 e. The number of fused-ring (bicyclic) bond motifs is 10. The van der Waals surface area contributed by atoms with Gasteiger partial charge in [-0.15, -0.1) is 0 Å². The van der Waals surface area contributed by atoms with Crippen molar-refractivity contribution in [2.24, 2.45) is 0 Å². The first-order valence-corrected chi connectivity index (χ1v) is 26.9. The molecule has 0 saturated carbocycles. The summed E-state index contributed by atoms with van der Waals surface area (Å²) in [6.07, 6.45) is 0. The smallest absolute Gasteiger partial charge is 0.200 e. The zero-order chi connectivity index (χ0) is 52.2. The molecule has 0 unspecified atom stereocenters. The Hall–Kier alpha value is -10.5. The predicted octanol–water partition coefficient (Wildman–Crippen LogP) is 18.6. The van der Waals surface area contributed by atoms with E-state index in [0.717, 1.165) is 84.0 Å². The number of rotatable bonds is 7. The van der Waals surface area contributed by atoms with Gasteiger partial charge in [0.05, 0.1) is 49.6 Å². The number of hydrogen-bond acceptors (Lipinski definition) is 3. The summed E-state index contributed by atoms with van der Waals surface area (Å²) < 4.78 is 11.4. The molecule has 1 aliphatic heterocycles. The van der Waals surface area contributed by atoms with Crippen LogP contribution in [0.2, 0.25) is 0 Å². The van der Waals surface area contributed by atoms with Crippen LogP contribution in [0.25, 0.3) is 99.2 Å². The molecule has 0 aliphatic carbocycles. The van der Waals surface area contributed by atoms with E-state index in [2.05, 4.69) is 263 Å². The van der Waals surface area contributed by atoms with E-state index in [0.29, 0.717) is 21.9 Å². The molecular weight excluding hydrogens is 963 g/mol. The normalized spacial score (nSPS) is 12.9. The van der Waals surface area contributed by atoms with Crippen LogP contribution in [0.15, 0.2) is 294 Å². The molecule has 5 heteroatoms. The van der Waals surface area contributed by atoms with Crippen LogP contribution in [0.4, 0.5) is 17.1 Å². The summed E-state index contributed by atoms with van der Waals surface area (Å²) in [5.41, 5.74) is 19.1. The quantitative estimate of drug-likeness (QED) is 0.149. The Morgan fingerprint density at radius 2 is 0.696 bits per heavy atom. The van der Waals surface area contributed by atoms with Crippen molar-refractivity contribution in [1.82, 2.24) is 9.13 Å². The summed E-state index contributed by atoms with van der Waals surface area (Å²) in [5.74, 6) is 0. The van der Waals surface area contributed by atoms with Crippen molar-refractivity contribution in [2.75, 3.05) is 4.90 Å². The minimum absolute atomic E-state index is 0.0444. The van der Waals surface area contributed by atoms with E-state index in [1.807, 2.05) is 36.4 Å². The summed E-state index contributed by atoms with van der Waals surface area (Å²) in [6, 6.07) is 102. The van der Waals surface area contributed by atoms with Crippen LogP contribution in [0.1, 0.15) is 22.3 Å². The van der Waals surface area contributed by atoms with Gasteiger partial charge in [0.2, 0.25) is 5.43 Å². The van der Waals surface area contributed by atoms with Crippen molar-refractivity contribution < 1.29 is 4.42 Å². The summed E-state index contributed by atoms with van der Waals surface area (Å²) in [5, 5.41) is 5.90. The summed E-state index contributed by atoms with van der Waals surface area (Å²) in [7, 11) is 0. The molecule has 0 fully saturated rings. The SMILES string of the molecule is O=c1c2ccccc2oc2cc(N3c4ccc(-c5ccc6c(c5)c5ccccc5n6-c5ccccc5)cc4C(c4ccccc4)(c4ccccc4)c4cc(-c5ccc6c(c5)c5ccccc5n6-c5ccccc5)ccc43)ccc12. The first kappa shape index (κ1) is 44.8. The minimum Gasteiger partial charge on any atom is -0.456 e. The van der Waals surface area contributed by atoms with Crippen LogP contribution in [0.3, 0.4) is 0 Å². The Kier molecular flexibility index (Phi) is 9.94. The standard InChI is InChI=1S/C74H47N3O2/c78-73-59-29-15-18-32-71(59)79-72-47-56(37-38-60(72)73)77-69-41-35-50(48-33-39-67-61(43-48)57-27-13-16-30-65(57)75(67)54-23-9-3-10-24-54)45-63(69)74(52-19-5-1-6-20-52,53-21-7-2-8-22-53)64-46-51(36-42-70(64)77)49-34-40-68-62(44-49)58-28-14-17-31-66(58)76(68)55-25-11-4-12-26-55/h1-47H. The van der Waals surface area contributed by atoms with Crippen molar-refractivity contribution in [3.63, 3.8) is 0 Å². The molecule has 0 spiro atoms. The zero-order valence-electron chi connectivity index (χ0n) is 42.8. The highest BCUT2D eigenvalue weighted by Crippen LogP contribution is 2.59. The Balaban J connectivity index is 0.978. The van der Waals surface area contributed by atoms with E-state index in [-0.39, 0.29) is 5.43 Å². The second kappa shape index (κ2) is 17.5. The van der Waals surface area contributed by atoms with Gasteiger partial charge in [-0.2, -0.15) is 0 Å². The topological polar surface area (TPSA) is 43.3 Å². The minimum atomic E-state index is -0.823. The fourth-order valence-electron chi connectivity index (χ4n) is 13.1. The fraction of sp³-hybridized carbons (Fsp3) is 0.0135. The molecule has 0 amide bonds. The lowest BCUT2D eigenvalue weighted by molar-refractivity contribution is 0.660. The maximum atomic E-state index is 14.1. The third-order valence-corrected chi connectivity index (χ3v) is 16.6. The predicted molar refractivity (Wildman–Crippen MR) is 326 cm³/mol. The third kappa shape index (κ3) is 6.73. The summed E-state index contributed by atoms with van der Waals surface area (Å²) >= 11 is 0. The van der Waals surface area contributed by atoms with Gasteiger partial charge in [-0.3, -0.25) is 4.79 Å². The zero-order valence-corrected chi connectivity index (χ0v) is 42.8. The van der Waals surface area contributed by atoms with E-state index < -0.39 is 5.41 Å². The first-order chi connectivity index (χ1) is 39.1. The van der Waals surface area contributed by atoms with Crippen LogP contribution >= 0.6 is 0 Å². The van der Waals surface area contributed by atoms with Gasteiger partial charge in [0.25, 0.3) is 0 Å². The van der Waals surface area contributed by atoms with Crippen molar-refractivity contribution in [3.8, 4) is 33.6 Å². The Labute approximate surface area is 455 Å². The van der Waals surface area contributed by atoms with Crippen molar-refractivity contribution >= 4 is 82.6 Å². The number of hydrogen-bond donors (Lipinski definition) is 0. The van der Waals surface area contributed by atoms with Gasteiger partial charge in [-0.05, 0) is 154 Å². The van der Waals surface area contributed by atoms with E-state index in [4.69, 9.17) is 4.42 Å². The summed E-state index contributed by atoms with van der Waals surface area (Å²) in [6.45, 7) is 0. The first-order valence-electron chi connectivity index (χ1n) is 26.9. The highest BCUT2D eigenvalue weighted by atomic mass is 16.3. The number of para-hydroxylation sites is 5. The molecule has 0 radical (unpaired) electrons. The summed E-state index contributed by atoms with van der Waals surface area (Å²) in [4.78, 5) is 16.5. The molecular formula is C74H47N3O2. The molecule has 5 nitrogen and oxygen atoms in total. The monoisotopic (exact) mass is 1010 g/mol. The number of nitrogens with zero attached hydrogens (tertiary/aromatic N) is 3. The Bertz CT molecular complexity index is 4730. The molecule has 0 atom stereocenters. The molecule has 370 valence electrons. The maximum Gasteiger partial charge on any atom is 0.200 e. The molecule has 0 bridgehead atoms. The third-order valence-electron chi connectivity index (χ3n) is 16.6. The van der Waals surface area contributed by atoms with Crippen LogP contribution in [0.5, 0.6) is 0 Å². The Morgan fingerprint density at radius 1 is 0.291 bits per heavy atom. The van der Waals surface area contributed by atoms with Crippen molar-refractivity contribution in [1.29, 1.82) is 0 Å². The van der Waals surface area contributed by atoms with Gasteiger partial charge in [-0.1, -0.05) is 170 Å². The number of anilines is 3. The van der Waals surface area contributed by atoms with E-state index in [1.165, 1.54) is 32.6 Å². The lowest BCUT2D eigenvalue weighted by atomic mass is 9.62. The van der Waals surface area contributed by atoms with Crippen LogP contribution in [-0.2, 0) is 5.41 Å². The average Bonchev–Trinajstić information content (AvgIpc) is 4.05. The molecule has 3 aromatic heterocycles. The second-order valence-electron chi connectivity index (χ2n) is 20.7.